The normalized spacial score (nSPS) is 13.2. The fourth-order valence-electron chi connectivity index (χ4n) is 4.85. The molecule has 0 N–H and O–H groups in total. The summed E-state index contributed by atoms with van der Waals surface area (Å²) in [6.45, 7) is 6.14. The van der Waals surface area contributed by atoms with Crippen molar-refractivity contribution in [2.45, 2.75) is 155 Å². The molecular formula is C47H72O6. The summed E-state index contributed by atoms with van der Waals surface area (Å²) in [5.74, 6) is -1.13. The molecule has 0 aliphatic rings. The molecule has 0 heterocycles. The smallest absolute Gasteiger partial charge is 0.309 e. The van der Waals surface area contributed by atoms with Crippen LogP contribution in [0.2, 0.25) is 0 Å². The first-order chi connectivity index (χ1) is 26.0. The summed E-state index contributed by atoms with van der Waals surface area (Å²) in [4.78, 5) is 37.5. The van der Waals surface area contributed by atoms with Crippen molar-refractivity contribution in [2.75, 3.05) is 13.2 Å². The Kier molecular flexibility index (Phi) is 37.8. The number of hydrogen-bond donors (Lipinski definition) is 0. The van der Waals surface area contributed by atoms with E-state index in [0.29, 0.717) is 6.42 Å². The molecule has 0 spiro atoms. The Bertz CT molecular complexity index is 1160. The average molecular weight is 733 g/mol. The van der Waals surface area contributed by atoms with Crippen LogP contribution >= 0.6 is 0 Å². The molecular weight excluding hydrogens is 661 g/mol. The van der Waals surface area contributed by atoms with Crippen LogP contribution in [0.25, 0.3) is 0 Å². The summed E-state index contributed by atoms with van der Waals surface area (Å²) in [7, 11) is 0. The lowest BCUT2D eigenvalue weighted by Gasteiger charge is -2.18. The molecule has 1 atom stereocenters. The Balaban J connectivity index is 4.57. The third kappa shape index (κ3) is 39.1. The van der Waals surface area contributed by atoms with Gasteiger partial charge >= 0.3 is 17.9 Å². The highest BCUT2D eigenvalue weighted by Gasteiger charge is 2.19. The summed E-state index contributed by atoms with van der Waals surface area (Å²) >= 11 is 0. The van der Waals surface area contributed by atoms with Crippen molar-refractivity contribution in [3.05, 3.63) is 109 Å². The maximum atomic E-state index is 12.6. The highest BCUT2D eigenvalue weighted by atomic mass is 16.6. The molecule has 0 aromatic heterocycles. The monoisotopic (exact) mass is 733 g/mol. The number of esters is 3. The van der Waals surface area contributed by atoms with E-state index in [1.165, 1.54) is 12.8 Å². The van der Waals surface area contributed by atoms with Crippen molar-refractivity contribution in [3.8, 4) is 0 Å². The third-order valence-electron chi connectivity index (χ3n) is 7.90. The maximum Gasteiger partial charge on any atom is 0.309 e. The average Bonchev–Trinajstić information content (AvgIpc) is 3.15. The molecule has 0 amide bonds. The maximum absolute atomic E-state index is 12.6. The minimum atomic E-state index is -0.833. The number of rotatable bonds is 34. The molecule has 296 valence electrons. The van der Waals surface area contributed by atoms with Crippen LogP contribution in [0.3, 0.4) is 0 Å². The molecule has 0 saturated carbocycles. The van der Waals surface area contributed by atoms with E-state index in [9.17, 15) is 14.4 Å². The van der Waals surface area contributed by atoms with E-state index in [1.54, 1.807) is 6.08 Å². The van der Waals surface area contributed by atoms with Crippen molar-refractivity contribution < 1.29 is 28.6 Å². The third-order valence-corrected chi connectivity index (χ3v) is 7.90. The van der Waals surface area contributed by atoms with E-state index in [-0.39, 0.29) is 38.0 Å². The minimum Gasteiger partial charge on any atom is -0.462 e. The quantitative estimate of drug-likeness (QED) is 0.0215. The van der Waals surface area contributed by atoms with Gasteiger partial charge in [0.1, 0.15) is 13.2 Å². The van der Waals surface area contributed by atoms with E-state index in [4.69, 9.17) is 14.2 Å². The minimum absolute atomic E-state index is 0.121. The molecule has 0 bridgehead atoms. The van der Waals surface area contributed by atoms with E-state index in [2.05, 4.69) is 69.4 Å². The van der Waals surface area contributed by atoms with Crippen LogP contribution < -0.4 is 0 Å². The lowest BCUT2D eigenvalue weighted by Crippen LogP contribution is -2.30. The lowest BCUT2D eigenvalue weighted by molar-refractivity contribution is -0.166. The van der Waals surface area contributed by atoms with Gasteiger partial charge < -0.3 is 14.2 Å². The standard InChI is InChI=1S/C47H72O6/c1-4-7-10-13-16-19-21-22-23-24-26-28-31-34-37-40-46(49)52-43-44(42-51-45(48)39-36-33-30-27-18-15-12-9-6-3)53-47(50)41-38-35-32-29-25-20-17-14-11-8-5-2/h7,9-10,12-14,16-19,21-24,26-27,33,36,44H,4-6,8,11,15,20,25,28-32,34-35,37-43H2,1-3H3/b10-7-,12-9-,16-13-,17-14-,21-19-,23-22-,26-24-,27-18-,36-33-. The molecule has 53 heavy (non-hydrogen) atoms. The summed E-state index contributed by atoms with van der Waals surface area (Å²) in [6, 6.07) is 0. The predicted molar refractivity (Wildman–Crippen MR) is 223 cm³/mol. The second kappa shape index (κ2) is 40.8. The van der Waals surface area contributed by atoms with Crippen molar-refractivity contribution in [1.82, 2.24) is 0 Å². The molecule has 6 heteroatoms. The Morgan fingerprint density at radius 2 is 0.906 bits per heavy atom. The number of carbonyl (C=O) groups is 3. The Morgan fingerprint density at radius 1 is 0.434 bits per heavy atom. The van der Waals surface area contributed by atoms with Crippen molar-refractivity contribution >= 4 is 17.9 Å². The van der Waals surface area contributed by atoms with Gasteiger partial charge in [-0.05, 0) is 70.6 Å². The van der Waals surface area contributed by atoms with Gasteiger partial charge in [-0.2, -0.15) is 0 Å². The highest BCUT2D eigenvalue weighted by molar-refractivity contribution is 5.72. The second-order valence-electron chi connectivity index (χ2n) is 12.9. The molecule has 1 unspecified atom stereocenters. The van der Waals surface area contributed by atoms with Crippen LogP contribution in [0, 0.1) is 0 Å². The summed E-state index contributed by atoms with van der Waals surface area (Å²) in [6.07, 6.45) is 53.9. The predicted octanol–water partition coefficient (Wildman–Crippen LogP) is 12.9. The van der Waals surface area contributed by atoms with Crippen LogP contribution in [-0.4, -0.2) is 37.2 Å². The zero-order chi connectivity index (χ0) is 38.7. The fourth-order valence-corrected chi connectivity index (χ4v) is 4.85. The van der Waals surface area contributed by atoms with Crippen LogP contribution in [0.1, 0.15) is 149 Å². The van der Waals surface area contributed by atoms with Crippen molar-refractivity contribution in [3.63, 3.8) is 0 Å². The molecule has 0 aliphatic carbocycles. The number of allylic oxidation sites excluding steroid dienone is 17. The van der Waals surface area contributed by atoms with Gasteiger partial charge in [0.05, 0.1) is 6.42 Å². The van der Waals surface area contributed by atoms with E-state index < -0.39 is 12.1 Å². The first-order valence-electron chi connectivity index (χ1n) is 20.5. The largest absolute Gasteiger partial charge is 0.462 e. The number of hydrogen-bond acceptors (Lipinski definition) is 6. The van der Waals surface area contributed by atoms with Crippen LogP contribution in [0.15, 0.2) is 109 Å². The molecule has 0 rings (SSSR count). The van der Waals surface area contributed by atoms with E-state index >= 15 is 0 Å². The van der Waals surface area contributed by atoms with Gasteiger partial charge in [0.25, 0.3) is 0 Å². The summed E-state index contributed by atoms with van der Waals surface area (Å²) < 4.78 is 16.5. The van der Waals surface area contributed by atoms with Gasteiger partial charge in [0, 0.05) is 12.8 Å². The van der Waals surface area contributed by atoms with Gasteiger partial charge in [-0.3, -0.25) is 14.4 Å². The van der Waals surface area contributed by atoms with Gasteiger partial charge in [0.2, 0.25) is 0 Å². The highest BCUT2D eigenvalue weighted by Crippen LogP contribution is 2.11. The van der Waals surface area contributed by atoms with Gasteiger partial charge in [-0.25, -0.2) is 0 Å². The number of carbonyl (C=O) groups excluding carboxylic acids is 3. The summed E-state index contributed by atoms with van der Waals surface area (Å²) in [5.41, 5.74) is 0. The Morgan fingerprint density at radius 3 is 1.55 bits per heavy atom. The van der Waals surface area contributed by atoms with E-state index in [1.807, 2.05) is 54.7 Å². The zero-order valence-electron chi connectivity index (χ0n) is 33.5. The van der Waals surface area contributed by atoms with Crippen LogP contribution in [0.4, 0.5) is 0 Å². The van der Waals surface area contributed by atoms with E-state index in [0.717, 1.165) is 96.3 Å². The zero-order valence-corrected chi connectivity index (χ0v) is 33.5. The molecule has 0 aliphatic heterocycles. The molecule has 0 radical (unpaired) electrons. The topological polar surface area (TPSA) is 78.9 Å². The van der Waals surface area contributed by atoms with Gasteiger partial charge in [-0.15, -0.1) is 0 Å². The fraction of sp³-hybridized carbons (Fsp3) is 0.553. The van der Waals surface area contributed by atoms with Crippen LogP contribution in [0.5, 0.6) is 0 Å². The SMILES string of the molecule is CC\C=C/C=C\C=C/C=C\C=C/CCCCCC(=O)OCC(COC(=O)C/C=C\C/C=C\C/C=C\CC)OC(=O)CCCCCCC/C=C\CCCC. The van der Waals surface area contributed by atoms with Gasteiger partial charge in [-0.1, -0.05) is 169 Å². The number of ether oxygens (including phenoxy) is 3. The molecule has 6 nitrogen and oxygen atoms in total. The van der Waals surface area contributed by atoms with Crippen LogP contribution in [-0.2, 0) is 28.6 Å². The van der Waals surface area contributed by atoms with Gasteiger partial charge in [0.15, 0.2) is 6.10 Å². The number of unbranched alkanes of at least 4 members (excludes halogenated alkanes) is 10. The first-order valence-corrected chi connectivity index (χ1v) is 20.5. The molecule has 0 fully saturated rings. The van der Waals surface area contributed by atoms with Crippen molar-refractivity contribution in [2.24, 2.45) is 0 Å². The summed E-state index contributed by atoms with van der Waals surface area (Å²) in [5, 5.41) is 0. The first kappa shape index (κ1) is 49.1. The molecule has 0 aromatic rings. The molecule has 0 aromatic carbocycles. The Hall–Kier alpha value is -3.93. The lowest BCUT2D eigenvalue weighted by atomic mass is 10.1. The molecule has 0 saturated heterocycles. The Labute approximate surface area is 323 Å². The van der Waals surface area contributed by atoms with Crippen molar-refractivity contribution in [1.29, 1.82) is 0 Å². The second-order valence-corrected chi connectivity index (χ2v) is 12.9.